The Bertz CT molecular complexity index is 2990. The Kier molecular flexibility index (Phi) is 5.59. The van der Waals surface area contributed by atoms with E-state index in [2.05, 4.69) is 143 Å². The number of carbonyl (C=O) groups is 1. The van der Waals surface area contributed by atoms with Crippen LogP contribution in [0.5, 0.6) is 0 Å². The first kappa shape index (κ1) is 27.4. The molecule has 2 atom stereocenters. The van der Waals surface area contributed by atoms with Gasteiger partial charge in [0.25, 0.3) is 5.91 Å². The lowest BCUT2D eigenvalue weighted by molar-refractivity contribution is 0.0966. The number of hydrogen-bond donors (Lipinski definition) is 1. The van der Waals surface area contributed by atoms with Gasteiger partial charge in [0.2, 0.25) is 5.95 Å². The molecule has 0 bridgehead atoms. The molecular weight excluding hydrogens is 613 g/mol. The Morgan fingerprint density at radius 2 is 1.36 bits per heavy atom. The van der Waals surface area contributed by atoms with Crippen LogP contribution in [0, 0.1) is 5.92 Å². The van der Waals surface area contributed by atoms with E-state index in [0.717, 1.165) is 82.0 Å². The number of rotatable bonds is 2. The third kappa shape index (κ3) is 3.69. The van der Waals surface area contributed by atoms with Gasteiger partial charge in [0.1, 0.15) is 0 Å². The van der Waals surface area contributed by atoms with Crippen molar-refractivity contribution in [2.45, 2.75) is 5.92 Å². The summed E-state index contributed by atoms with van der Waals surface area (Å²) in [6, 6.07) is 44.0. The van der Waals surface area contributed by atoms with Crippen molar-refractivity contribution in [2.24, 2.45) is 5.92 Å². The first-order chi connectivity index (χ1) is 24.7. The molecular formula is C45H28N4O. The van der Waals surface area contributed by atoms with Gasteiger partial charge in [-0.1, -0.05) is 140 Å². The van der Waals surface area contributed by atoms with Crippen LogP contribution in [0.15, 0.2) is 152 Å². The lowest BCUT2D eigenvalue weighted by Crippen LogP contribution is -2.49. The zero-order chi connectivity index (χ0) is 32.9. The number of aromatic nitrogens is 3. The van der Waals surface area contributed by atoms with Crippen LogP contribution >= 0.6 is 0 Å². The van der Waals surface area contributed by atoms with Crippen molar-refractivity contribution in [3.8, 4) is 17.2 Å². The van der Waals surface area contributed by atoms with E-state index in [1.165, 1.54) is 5.57 Å². The molecule has 8 aromatic rings. The van der Waals surface area contributed by atoms with Gasteiger partial charge in [0.15, 0.2) is 0 Å². The van der Waals surface area contributed by atoms with E-state index >= 15 is 0 Å². The van der Waals surface area contributed by atoms with Crippen molar-refractivity contribution in [2.75, 3.05) is 0 Å². The van der Waals surface area contributed by atoms with Gasteiger partial charge in [-0.2, -0.15) is 0 Å². The zero-order valence-corrected chi connectivity index (χ0v) is 26.8. The molecule has 2 aliphatic carbocycles. The fraction of sp³-hybridized carbons (Fsp3) is 0.0444. The van der Waals surface area contributed by atoms with Crippen molar-refractivity contribution in [3.63, 3.8) is 0 Å². The summed E-state index contributed by atoms with van der Waals surface area (Å²) < 4.78 is 2.20. The predicted molar refractivity (Wildman–Crippen MR) is 201 cm³/mol. The monoisotopic (exact) mass is 640 g/mol. The van der Waals surface area contributed by atoms with Gasteiger partial charge in [-0.15, -0.1) is 0 Å². The predicted octanol–water partition coefficient (Wildman–Crippen LogP) is 8.09. The van der Waals surface area contributed by atoms with Crippen LogP contribution in [-0.2, 0) is 0 Å². The normalized spacial score (nSPS) is 17.6. The summed E-state index contributed by atoms with van der Waals surface area (Å²) in [5, 5.41) is 11.9. The number of hydrogen-bond acceptors (Lipinski definition) is 3. The lowest BCUT2D eigenvalue weighted by Gasteiger charge is -2.37. The molecule has 3 heterocycles. The van der Waals surface area contributed by atoms with Crippen molar-refractivity contribution < 1.29 is 4.79 Å². The van der Waals surface area contributed by atoms with Crippen LogP contribution in [0.2, 0.25) is 0 Å². The SMILES string of the molecule is O=C1NC2=c3c(c4ccccc4n3-c3nc(-c4ccccc4)c4ccc5ccccc5c4n3)=C3C=CC=CC3C2c2ccc3ccccc3c21. The van der Waals surface area contributed by atoms with Crippen LogP contribution in [0.1, 0.15) is 21.8 Å². The van der Waals surface area contributed by atoms with Gasteiger partial charge in [-0.05, 0) is 39.4 Å². The highest BCUT2D eigenvalue weighted by Crippen LogP contribution is 2.46. The lowest BCUT2D eigenvalue weighted by atomic mass is 9.70. The van der Waals surface area contributed by atoms with Crippen LogP contribution < -0.4 is 15.9 Å². The second-order valence-electron chi connectivity index (χ2n) is 13.3. The number of fused-ring (bicyclic) bond motifs is 13. The van der Waals surface area contributed by atoms with E-state index in [9.17, 15) is 4.79 Å². The molecule has 5 nitrogen and oxygen atoms in total. The van der Waals surface area contributed by atoms with Crippen molar-refractivity contribution in [1.82, 2.24) is 19.9 Å². The minimum absolute atomic E-state index is 0.0450. The Morgan fingerprint density at radius 1 is 0.640 bits per heavy atom. The second kappa shape index (κ2) is 10.2. The summed E-state index contributed by atoms with van der Waals surface area (Å²) in [4.78, 5) is 25.2. The molecule has 1 amide bonds. The molecule has 234 valence electrons. The van der Waals surface area contributed by atoms with Crippen molar-refractivity contribution in [3.05, 3.63) is 173 Å². The number of amides is 1. The van der Waals surface area contributed by atoms with Crippen LogP contribution in [0.25, 0.3) is 71.8 Å². The quantitative estimate of drug-likeness (QED) is 0.194. The first-order valence-corrected chi connectivity index (χ1v) is 17.1. The summed E-state index contributed by atoms with van der Waals surface area (Å²) in [7, 11) is 0. The summed E-state index contributed by atoms with van der Waals surface area (Å²) in [5.74, 6) is 0.432. The van der Waals surface area contributed by atoms with Gasteiger partial charge in [-0.25, -0.2) is 9.97 Å². The van der Waals surface area contributed by atoms with Crippen LogP contribution in [-0.4, -0.2) is 20.4 Å². The number of para-hydroxylation sites is 1. The average molecular weight is 641 g/mol. The van der Waals surface area contributed by atoms with Gasteiger partial charge >= 0.3 is 0 Å². The Labute approximate surface area is 286 Å². The highest BCUT2D eigenvalue weighted by molar-refractivity contribution is 6.13. The van der Waals surface area contributed by atoms with E-state index in [1.807, 2.05) is 18.2 Å². The van der Waals surface area contributed by atoms with E-state index in [0.29, 0.717) is 5.95 Å². The van der Waals surface area contributed by atoms with E-state index in [-0.39, 0.29) is 17.7 Å². The smallest absolute Gasteiger partial charge is 0.256 e. The molecule has 2 unspecified atom stereocenters. The molecule has 0 saturated carbocycles. The number of nitrogens with zero attached hydrogens (tertiary/aromatic N) is 3. The molecule has 0 fully saturated rings. The van der Waals surface area contributed by atoms with Crippen molar-refractivity contribution in [1.29, 1.82) is 0 Å². The van der Waals surface area contributed by atoms with Crippen LogP contribution in [0.4, 0.5) is 0 Å². The number of benzene rings is 6. The maximum absolute atomic E-state index is 14.3. The molecule has 5 heteroatoms. The average Bonchev–Trinajstić information content (AvgIpc) is 3.53. The Balaban J connectivity index is 1.32. The van der Waals surface area contributed by atoms with Gasteiger partial charge in [-0.3, -0.25) is 9.36 Å². The van der Waals surface area contributed by atoms with Crippen molar-refractivity contribution >= 4 is 60.5 Å². The molecule has 0 radical (unpaired) electrons. The molecule has 50 heavy (non-hydrogen) atoms. The molecule has 0 spiro atoms. The zero-order valence-electron chi connectivity index (χ0n) is 26.8. The molecule has 2 aromatic heterocycles. The standard InChI is InChI=1S/C45H28N4O/c50-44-39-29-16-6-4-12-26(29)22-24-34(39)37-31-18-8-9-19-32(31)38-33-20-10-11-21-36(33)49(43(38)42(37)46-44)45-47-40(28-14-2-1-3-15-28)35-25-23-27-13-5-7-17-30(27)41(35)48-45/h1-25,31,37H,(H,46,50). The molecule has 11 rings (SSSR count). The third-order valence-electron chi connectivity index (χ3n) is 10.8. The highest BCUT2D eigenvalue weighted by Gasteiger charge is 2.41. The van der Waals surface area contributed by atoms with E-state index in [4.69, 9.17) is 9.97 Å². The maximum atomic E-state index is 14.3. The van der Waals surface area contributed by atoms with Gasteiger partial charge in [0.05, 0.1) is 33.3 Å². The Hall–Kier alpha value is -6.59. The topological polar surface area (TPSA) is 59.8 Å². The molecule has 0 saturated heterocycles. The van der Waals surface area contributed by atoms with Crippen LogP contribution in [0.3, 0.4) is 0 Å². The number of nitrogens with one attached hydrogen (secondary N) is 1. The number of carbonyl (C=O) groups excluding carboxylic acids is 1. The number of allylic oxidation sites excluding steroid dienone is 4. The maximum Gasteiger partial charge on any atom is 0.256 e. The molecule has 6 aromatic carbocycles. The summed E-state index contributed by atoms with van der Waals surface area (Å²) in [6.07, 6.45) is 8.80. The fourth-order valence-corrected chi connectivity index (χ4v) is 8.66. The highest BCUT2D eigenvalue weighted by atomic mass is 16.1. The van der Waals surface area contributed by atoms with Gasteiger partial charge < -0.3 is 5.32 Å². The van der Waals surface area contributed by atoms with E-state index < -0.39 is 0 Å². The summed E-state index contributed by atoms with van der Waals surface area (Å²) in [6.45, 7) is 0. The molecule has 1 aliphatic heterocycles. The minimum Gasteiger partial charge on any atom is -0.323 e. The third-order valence-corrected chi connectivity index (χ3v) is 10.8. The first-order valence-electron chi connectivity index (χ1n) is 17.1. The second-order valence-corrected chi connectivity index (χ2v) is 13.3. The minimum atomic E-state index is -0.103. The van der Waals surface area contributed by atoms with Gasteiger partial charge in [0, 0.05) is 38.8 Å². The largest absolute Gasteiger partial charge is 0.323 e. The fourth-order valence-electron chi connectivity index (χ4n) is 8.66. The van der Waals surface area contributed by atoms with E-state index in [1.54, 1.807) is 0 Å². The molecule has 3 aliphatic rings. The summed E-state index contributed by atoms with van der Waals surface area (Å²) >= 11 is 0. The molecule has 1 N–H and O–H groups in total. The Morgan fingerprint density at radius 3 is 2.22 bits per heavy atom. The summed E-state index contributed by atoms with van der Waals surface area (Å²) in [5.41, 5.74) is 7.71.